The minimum absolute atomic E-state index is 0.0411. The molecule has 1 fully saturated rings. The van der Waals surface area contributed by atoms with Gasteiger partial charge in [0.05, 0.1) is 11.8 Å². The molecule has 2 aliphatic carbocycles. The lowest BCUT2D eigenvalue weighted by molar-refractivity contribution is 0.323. The minimum Gasteiger partial charge on any atom is -0.369 e. The van der Waals surface area contributed by atoms with Crippen LogP contribution in [-0.4, -0.2) is 27.7 Å². The molecule has 0 amide bonds. The third-order valence-electron chi connectivity index (χ3n) is 5.11. The maximum absolute atomic E-state index is 7.95. The van der Waals surface area contributed by atoms with Crippen LogP contribution in [0, 0.1) is 5.41 Å². The van der Waals surface area contributed by atoms with Crippen LogP contribution in [0.2, 0.25) is 5.02 Å². The highest BCUT2D eigenvalue weighted by Gasteiger charge is 2.27. The highest BCUT2D eigenvalue weighted by molar-refractivity contribution is 6.31. The summed E-state index contributed by atoms with van der Waals surface area (Å²) in [6.45, 7) is 0. The zero-order valence-corrected chi connectivity index (χ0v) is 14.4. The molecular weight excluding hydrogens is 322 g/mol. The summed E-state index contributed by atoms with van der Waals surface area (Å²) in [6, 6.07) is 6.19. The molecule has 0 spiro atoms. The van der Waals surface area contributed by atoms with Crippen molar-refractivity contribution in [3.8, 4) is 0 Å². The molecule has 1 aromatic carbocycles. The number of nitrogens with two attached hydrogens (primary N) is 1. The van der Waals surface area contributed by atoms with Gasteiger partial charge < -0.3 is 10.7 Å². The summed E-state index contributed by atoms with van der Waals surface area (Å²) in [7, 11) is 0. The number of aromatic amines is 1. The Hall–Kier alpha value is -2.01. The first kappa shape index (κ1) is 15.5. The maximum Gasteiger partial charge on any atom is 0.209 e. The smallest absolute Gasteiger partial charge is 0.209 e. The summed E-state index contributed by atoms with van der Waals surface area (Å²) >= 11 is 6.21. The van der Waals surface area contributed by atoms with E-state index in [1.54, 1.807) is 5.01 Å². The lowest BCUT2D eigenvalue weighted by Gasteiger charge is -2.26. The fraction of sp³-hybridized carbons (Fsp3) is 0.444. The second kappa shape index (κ2) is 6.13. The Kier molecular flexibility index (Phi) is 3.96. The van der Waals surface area contributed by atoms with E-state index in [4.69, 9.17) is 27.8 Å². The number of H-pyrrole nitrogens is 1. The van der Waals surface area contributed by atoms with E-state index in [1.165, 1.54) is 18.5 Å². The second-order valence-corrected chi connectivity index (χ2v) is 7.17. The number of rotatable bonds is 2. The van der Waals surface area contributed by atoms with E-state index >= 15 is 0 Å². The van der Waals surface area contributed by atoms with Crippen molar-refractivity contribution in [2.24, 2.45) is 10.8 Å². The van der Waals surface area contributed by atoms with E-state index in [9.17, 15) is 0 Å². The van der Waals surface area contributed by atoms with Gasteiger partial charge in [-0.05, 0) is 50.3 Å². The van der Waals surface area contributed by atoms with E-state index in [-0.39, 0.29) is 12.0 Å². The molecule has 1 saturated carbocycles. The van der Waals surface area contributed by atoms with Crippen molar-refractivity contribution in [3.05, 3.63) is 34.5 Å². The van der Waals surface area contributed by atoms with Crippen molar-refractivity contribution in [2.75, 3.05) is 0 Å². The van der Waals surface area contributed by atoms with Crippen molar-refractivity contribution in [3.63, 3.8) is 0 Å². The zero-order valence-electron chi connectivity index (χ0n) is 13.6. The Balaban J connectivity index is 1.81. The zero-order chi connectivity index (χ0) is 16.7. The number of hydrazone groups is 1. The molecular formula is C18H22ClN5. The van der Waals surface area contributed by atoms with E-state index < -0.39 is 0 Å². The third-order valence-corrected chi connectivity index (χ3v) is 5.35. The molecule has 0 bridgehead atoms. The van der Waals surface area contributed by atoms with Crippen molar-refractivity contribution < 1.29 is 0 Å². The number of aromatic nitrogens is 1. The minimum atomic E-state index is 0.0411. The van der Waals surface area contributed by atoms with Crippen LogP contribution in [0.1, 0.15) is 49.8 Å². The van der Waals surface area contributed by atoms with Gasteiger partial charge >= 0.3 is 0 Å². The molecule has 6 heteroatoms. The van der Waals surface area contributed by atoms with E-state index in [0.717, 1.165) is 59.3 Å². The third kappa shape index (κ3) is 2.67. The molecule has 24 heavy (non-hydrogen) atoms. The number of hydrogen-bond donors (Lipinski definition) is 3. The second-order valence-electron chi connectivity index (χ2n) is 6.74. The summed E-state index contributed by atoms with van der Waals surface area (Å²) in [5, 5.41) is 16.4. The van der Waals surface area contributed by atoms with E-state index in [1.807, 2.05) is 18.2 Å². The normalized spacial score (nSPS) is 19.8. The van der Waals surface area contributed by atoms with Gasteiger partial charge in [0.1, 0.15) is 0 Å². The molecule has 0 saturated heterocycles. The predicted octanol–water partition coefficient (Wildman–Crippen LogP) is 4.00. The summed E-state index contributed by atoms with van der Waals surface area (Å²) in [5.41, 5.74) is 10.3. The Morgan fingerprint density at radius 3 is 2.79 bits per heavy atom. The number of nitrogens with zero attached hydrogens (tertiary/aromatic N) is 2. The molecule has 2 aliphatic rings. The van der Waals surface area contributed by atoms with Crippen molar-refractivity contribution >= 4 is 34.2 Å². The van der Waals surface area contributed by atoms with Crippen LogP contribution in [0.25, 0.3) is 10.9 Å². The lowest BCUT2D eigenvalue weighted by atomic mass is 9.93. The molecule has 4 rings (SSSR count). The van der Waals surface area contributed by atoms with Crippen LogP contribution in [0.4, 0.5) is 0 Å². The number of nitrogens with one attached hydrogen (secondary N) is 2. The van der Waals surface area contributed by atoms with Crippen molar-refractivity contribution in [1.29, 1.82) is 5.41 Å². The van der Waals surface area contributed by atoms with Crippen LogP contribution in [0.15, 0.2) is 23.3 Å². The SMILES string of the molecule is N=C(N)N(/N=C1\CCCc2[nH]c3ccc(Cl)cc3c21)C1CCCC1. The molecule has 5 nitrogen and oxygen atoms in total. The van der Waals surface area contributed by atoms with Gasteiger partial charge in [-0.15, -0.1) is 0 Å². The van der Waals surface area contributed by atoms with Crippen LogP contribution in [0.5, 0.6) is 0 Å². The van der Waals surface area contributed by atoms with Crippen molar-refractivity contribution in [2.45, 2.75) is 51.0 Å². The van der Waals surface area contributed by atoms with Gasteiger partial charge in [-0.2, -0.15) is 5.10 Å². The van der Waals surface area contributed by atoms with Gasteiger partial charge in [0.15, 0.2) is 0 Å². The standard InChI is InChI=1S/C18H22ClN5/c19-11-8-9-14-13(10-11)17-15(22-14)6-3-7-16(17)23-24(18(20)21)12-4-1-2-5-12/h8-10,12,22H,1-7H2,(H3,20,21)/b23-16+. The molecule has 1 aromatic heterocycles. The highest BCUT2D eigenvalue weighted by atomic mass is 35.5. The first-order chi connectivity index (χ1) is 11.6. The average molecular weight is 344 g/mol. The van der Waals surface area contributed by atoms with Gasteiger partial charge in [-0.1, -0.05) is 24.4 Å². The van der Waals surface area contributed by atoms with Crippen LogP contribution < -0.4 is 5.73 Å². The Morgan fingerprint density at radius 2 is 2.04 bits per heavy atom. The topological polar surface area (TPSA) is 81.3 Å². The Bertz CT molecular complexity index is 816. The molecule has 2 aromatic rings. The number of guanidine groups is 1. The molecule has 0 radical (unpaired) electrons. The predicted molar refractivity (Wildman–Crippen MR) is 98.8 cm³/mol. The highest BCUT2D eigenvalue weighted by Crippen LogP contribution is 2.32. The largest absolute Gasteiger partial charge is 0.369 e. The fourth-order valence-electron chi connectivity index (χ4n) is 4.01. The monoisotopic (exact) mass is 343 g/mol. The maximum atomic E-state index is 7.95. The summed E-state index contributed by atoms with van der Waals surface area (Å²) < 4.78 is 0. The molecule has 4 N–H and O–H groups in total. The first-order valence-electron chi connectivity index (χ1n) is 8.64. The van der Waals surface area contributed by atoms with Gasteiger partial charge in [-0.25, -0.2) is 5.01 Å². The van der Waals surface area contributed by atoms with Gasteiger partial charge in [0.2, 0.25) is 5.96 Å². The molecule has 0 atom stereocenters. The van der Waals surface area contributed by atoms with Crippen LogP contribution >= 0.6 is 11.6 Å². The van der Waals surface area contributed by atoms with E-state index in [0.29, 0.717) is 0 Å². The summed E-state index contributed by atoms with van der Waals surface area (Å²) in [4.78, 5) is 3.50. The Morgan fingerprint density at radius 1 is 1.25 bits per heavy atom. The lowest BCUT2D eigenvalue weighted by Crippen LogP contribution is -2.40. The van der Waals surface area contributed by atoms with Gasteiger partial charge in [-0.3, -0.25) is 5.41 Å². The average Bonchev–Trinajstić information content (AvgIpc) is 3.19. The molecule has 126 valence electrons. The summed E-state index contributed by atoms with van der Waals surface area (Å²) in [6.07, 6.45) is 7.47. The molecule has 1 heterocycles. The first-order valence-corrected chi connectivity index (χ1v) is 9.02. The van der Waals surface area contributed by atoms with E-state index in [2.05, 4.69) is 4.98 Å². The van der Waals surface area contributed by atoms with Crippen LogP contribution in [0.3, 0.4) is 0 Å². The van der Waals surface area contributed by atoms with Gasteiger partial charge in [0.25, 0.3) is 0 Å². The van der Waals surface area contributed by atoms with Crippen molar-refractivity contribution in [1.82, 2.24) is 9.99 Å². The summed E-state index contributed by atoms with van der Waals surface area (Å²) in [5.74, 6) is 0.0411. The number of hydrogen-bond acceptors (Lipinski definition) is 2. The van der Waals surface area contributed by atoms with Gasteiger partial charge in [0, 0.05) is 27.2 Å². The quantitative estimate of drug-likeness (QED) is 0.437. The molecule has 0 aliphatic heterocycles. The Labute approximate surface area is 146 Å². The fourth-order valence-corrected chi connectivity index (χ4v) is 4.18. The number of fused-ring (bicyclic) bond motifs is 3. The number of halogens is 1. The number of aryl methyl sites for hydroxylation is 1. The number of benzene rings is 1. The van der Waals surface area contributed by atoms with Crippen LogP contribution in [-0.2, 0) is 6.42 Å². The molecule has 0 unspecified atom stereocenters.